The third-order valence-electron chi connectivity index (χ3n) is 14.4. The number of urea groups is 1. The average Bonchev–Trinajstić information content (AvgIpc) is 3.37. The summed E-state index contributed by atoms with van der Waals surface area (Å²) in [6.07, 6.45) is 10.7. The molecule has 2 saturated heterocycles. The van der Waals surface area contributed by atoms with Crippen molar-refractivity contribution in [1.29, 1.82) is 0 Å². The molecule has 0 radical (unpaired) electrons. The minimum atomic E-state index is -0.513. The van der Waals surface area contributed by atoms with Gasteiger partial charge in [-0.3, -0.25) is 4.90 Å². The van der Waals surface area contributed by atoms with Crippen LogP contribution in [0.25, 0.3) is 11.1 Å². The summed E-state index contributed by atoms with van der Waals surface area (Å²) in [5.41, 5.74) is 7.04. The fourth-order valence-electron chi connectivity index (χ4n) is 12.8. The Kier molecular flexibility index (Phi) is 9.48. The number of aliphatic hydroxyl groups is 1. The number of nitrogens with one attached hydrogen (secondary N) is 2. The summed E-state index contributed by atoms with van der Waals surface area (Å²) in [6.45, 7) is 12.2. The molecule has 54 heavy (non-hydrogen) atoms. The van der Waals surface area contributed by atoms with Crippen molar-refractivity contribution >= 4 is 6.03 Å². The summed E-state index contributed by atoms with van der Waals surface area (Å²) in [5.74, 6) is 2.55. The van der Waals surface area contributed by atoms with E-state index >= 15 is 0 Å². The third-order valence-corrected chi connectivity index (χ3v) is 14.4. The molecule has 3 N–H and O–H groups in total. The number of ether oxygens (including phenoxy) is 2. The lowest BCUT2D eigenvalue weighted by molar-refractivity contribution is -0.276. The van der Waals surface area contributed by atoms with E-state index in [1.165, 1.54) is 38.5 Å². The lowest BCUT2D eigenvalue weighted by Crippen LogP contribution is -2.61. The summed E-state index contributed by atoms with van der Waals surface area (Å²) in [5, 5.41) is 16.4. The van der Waals surface area contributed by atoms with E-state index in [1.54, 1.807) is 0 Å². The van der Waals surface area contributed by atoms with E-state index in [0.29, 0.717) is 23.4 Å². The van der Waals surface area contributed by atoms with Gasteiger partial charge in [0.25, 0.3) is 0 Å². The van der Waals surface area contributed by atoms with Crippen LogP contribution in [0.5, 0.6) is 0 Å². The minimum Gasteiger partial charge on any atom is -0.392 e. The van der Waals surface area contributed by atoms with Crippen LogP contribution >= 0.6 is 0 Å². The quantitative estimate of drug-likeness (QED) is 0.204. The minimum absolute atomic E-state index is 0.0000322. The maximum absolute atomic E-state index is 13.2. The molecule has 7 nitrogen and oxygen atoms in total. The van der Waals surface area contributed by atoms with Crippen molar-refractivity contribution in [2.75, 3.05) is 13.1 Å². The van der Waals surface area contributed by atoms with Gasteiger partial charge in [-0.2, -0.15) is 0 Å². The van der Waals surface area contributed by atoms with Gasteiger partial charge in [-0.1, -0.05) is 88.4 Å². The Bertz CT molecular complexity index is 1810. The molecule has 7 heteroatoms. The molecule has 0 aromatic heterocycles. The maximum Gasteiger partial charge on any atom is 0.315 e. The van der Waals surface area contributed by atoms with Crippen LogP contribution < -0.4 is 10.6 Å². The molecule has 5 aliphatic carbocycles. The molecular formula is C47H61N3O4. The highest BCUT2D eigenvalue weighted by Crippen LogP contribution is 2.56. The van der Waals surface area contributed by atoms with Crippen molar-refractivity contribution in [2.45, 2.75) is 129 Å². The summed E-state index contributed by atoms with van der Waals surface area (Å²) in [7, 11) is 0. The zero-order valence-corrected chi connectivity index (χ0v) is 32.9. The Morgan fingerprint density at radius 3 is 2.20 bits per heavy atom. The Morgan fingerprint density at radius 1 is 0.815 bits per heavy atom. The summed E-state index contributed by atoms with van der Waals surface area (Å²) < 4.78 is 13.9. The molecule has 7 aliphatic rings. The lowest BCUT2D eigenvalue weighted by atomic mass is 9.53. The van der Waals surface area contributed by atoms with Gasteiger partial charge in [-0.25, -0.2) is 4.79 Å². The van der Waals surface area contributed by atoms with Crippen LogP contribution in [-0.4, -0.2) is 46.8 Å². The maximum atomic E-state index is 13.2. The Morgan fingerprint density at radius 2 is 1.50 bits per heavy atom. The van der Waals surface area contributed by atoms with Gasteiger partial charge in [-0.05, 0) is 126 Å². The number of nitrogens with zero attached hydrogens (tertiary/aromatic N) is 1. The molecule has 2 aliphatic heterocycles. The SMILES string of the molecule is C[C@@H]1[C@H](CN2CC3(C)CC2CC(C)(C)C3)O[C@H](c2cccc(-c3cccc(CNC(=O)NC45CC6CC(CC(C6)C4)C5)c3)c2)O[C@@H]1c1ccc(CO)cc1. The van der Waals surface area contributed by atoms with E-state index in [4.69, 9.17) is 9.47 Å². The first-order chi connectivity index (χ1) is 25.9. The molecule has 2 amide bonds. The summed E-state index contributed by atoms with van der Waals surface area (Å²) >= 11 is 0. The van der Waals surface area contributed by atoms with Crippen molar-refractivity contribution in [2.24, 2.45) is 34.5 Å². The zero-order valence-electron chi connectivity index (χ0n) is 32.9. The highest BCUT2D eigenvalue weighted by atomic mass is 16.7. The normalized spacial score (nSPS) is 36.6. The fraction of sp³-hybridized carbons (Fsp3) is 0.596. The molecule has 288 valence electrons. The summed E-state index contributed by atoms with van der Waals surface area (Å²) in [4.78, 5) is 16.0. The van der Waals surface area contributed by atoms with Crippen molar-refractivity contribution < 1.29 is 19.4 Å². The molecule has 7 fully saturated rings. The number of carbonyl (C=O) groups excluding carboxylic acids is 1. The first-order valence-electron chi connectivity index (χ1n) is 20.9. The van der Waals surface area contributed by atoms with Crippen LogP contribution in [0.1, 0.15) is 120 Å². The van der Waals surface area contributed by atoms with Crippen LogP contribution in [-0.2, 0) is 22.6 Å². The van der Waals surface area contributed by atoms with Gasteiger partial charge in [0.1, 0.15) is 0 Å². The largest absolute Gasteiger partial charge is 0.392 e. The monoisotopic (exact) mass is 731 g/mol. The number of hydrogen-bond acceptors (Lipinski definition) is 5. The van der Waals surface area contributed by atoms with E-state index in [0.717, 1.165) is 83.5 Å². The van der Waals surface area contributed by atoms with Crippen molar-refractivity contribution in [3.63, 3.8) is 0 Å². The van der Waals surface area contributed by atoms with E-state index < -0.39 is 6.29 Å². The number of amides is 2. The molecule has 6 bridgehead atoms. The molecule has 2 unspecified atom stereocenters. The second kappa shape index (κ2) is 14.1. The number of benzene rings is 3. The third kappa shape index (κ3) is 7.38. The standard InChI is InChI=1S/C47H61N3O4/c1-30-41(26-50-29-46(4)24-40(50)23-45(2,3)28-46)53-43(54-42(30)36-13-11-31(27-51)12-14-36)39-10-6-9-38(19-39)37-8-5-7-32(18-37)25-48-44(52)49-47-20-33-15-34(21-47)17-35(16-33)22-47/h5-14,18-19,30,33-35,40-43,51H,15-17,20-29H2,1-4H3,(H2,48,49,52)/t30-,33?,34?,35?,40?,41+,42+,43+,46?,47?/m1/s1. The number of carbonyl (C=O) groups is 1. The van der Waals surface area contributed by atoms with E-state index in [9.17, 15) is 9.90 Å². The predicted molar refractivity (Wildman–Crippen MR) is 212 cm³/mol. The molecule has 5 saturated carbocycles. The second-order valence-electron chi connectivity index (χ2n) is 19.8. The number of fused-ring (bicyclic) bond motifs is 2. The molecular weight excluding hydrogens is 671 g/mol. The van der Waals surface area contributed by atoms with Gasteiger partial charge in [0.05, 0.1) is 18.8 Å². The Hall–Kier alpha value is -3.23. The predicted octanol–water partition coefficient (Wildman–Crippen LogP) is 9.31. The van der Waals surface area contributed by atoms with Gasteiger partial charge in [0.15, 0.2) is 6.29 Å². The van der Waals surface area contributed by atoms with Gasteiger partial charge in [0.2, 0.25) is 0 Å². The van der Waals surface area contributed by atoms with E-state index in [-0.39, 0.29) is 36.3 Å². The lowest BCUT2D eigenvalue weighted by Gasteiger charge is -2.56. The number of rotatable bonds is 9. The molecule has 3 aromatic carbocycles. The van der Waals surface area contributed by atoms with Gasteiger partial charge < -0.3 is 25.2 Å². The first kappa shape index (κ1) is 36.4. The van der Waals surface area contributed by atoms with Gasteiger partial charge >= 0.3 is 6.03 Å². The van der Waals surface area contributed by atoms with Crippen LogP contribution in [0, 0.1) is 34.5 Å². The number of likely N-dealkylation sites (tertiary alicyclic amines) is 1. The number of aliphatic hydroxyl groups excluding tert-OH is 1. The van der Waals surface area contributed by atoms with Crippen molar-refractivity contribution in [1.82, 2.24) is 15.5 Å². The highest BCUT2D eigenvalue weighted by molar-refractivity contribution is 5.75. The topological polar surface area (TPSA) is 83.1 Å². The average molecular weight is 732 g/mol. The number of hydrogen-bond donors (Lipinski definition) is 3. The van der Waals surface area contributed by atoms with Crippen molar-refractivity contribution in [3.05, 3.63) is 95.1 Å². The van der Waals surface area contributed by atoms with Crippen LogP contribution in [0.2, 0.25) is 0 Å². The van der Waals surface area contributed by atoms with Gasteiger partial charge in [-0.15, -0.1) is 0 Å². The molecule has 0 spiro atoms. The first-order valence-corrected chi connectivity index (χ1v) is 20.9. The van der Waals surface area contributed by atoms with E-state index in [1.807, 2.05) is 12.1 Å². The molecule has 3 aromatic rings. The molecule has 2 heterocycles. The summed E-state index contributed by atoms with van der Waals surface area (Å²) in [6, 6.07) is 25.9. The van der Waals surface area contributed by atoms with Gasteiger partial charge in [0, 0.05) is 42.7 Å². The van der Waals surface area contributed by atoms with Crippen LogP contribution in [0.4, 0.5) is 4.79 Å². The zero-order chi connectivity index (χ0) is 37.2. The molecule has 10 rings (SSSR count). The Labute approximate surface area is 322 Å². The van der Waals surface area contributed by atoms with Crippen LogP contribution in [0.15, 0.2) is 72.8 Å². The molecule has 6 atom stereocenters. The smallest absolute Gasteiger partial charge is 0.315 e. The fourth-order valence-corrected chi connectivity index (χ4v) is 12.8. The second-order valence-corrected chi connectivity index (χ2v) is 19.8. The van der Waals surface area contributed by atoms with Crippen LogP contribution in [0.3, 0.4) is 0 Å². The van der Waals surface area contributed by atoms with Crippen molar-refractivity contribution in [3.8, 4) is 11.1 Å². The van der Waals surface area contributed by atoms with E-state index in [2.05, 4.69) is 104 Å². The highest BCUT2D eigenvalue weighted by Gasteiger charge is 2.52. The Balaban J connectivity index is 0.913.